The number of carbonyl (C=O) groups is 3. The Bertz CT molecular complexity index is 446. The highest BCUT2D eigenvalue weighted by Gasteiger charge is 2.36. The van der Waals surface area contributed by atoms with E-state index < -0.39 is 30.1 Å². The number of carbonyl (C=O) groups excluding carboxylic acids is 1. The maximum absolute atomic E-state index is 12.4. The van der Waals surface area contributed by atoms with Crippen molar-refractivity contribution in [2.45, 2.75) is 64.1 Å². The van der Waals surface area contributed by atoms with Crippen LogP contribution >= 0.6 is 11.8 Å². The summed E-state index contributed by atoms with van der Waals surface area (Å²) in [7, 11) is 0. The average Bonchev–Trinajstić information content (AvgIpc) is 3.02. The Hall–Kier alpha value is -1.28. The van der Waals surface area contributed by atoms with Crippen molar-refractivity contribution in [2.24, 2.45) is 0 Å². The molecule has 3 N–H and O–H groups in total. The van der Waals surface area contributed by atoms with Gasteiger partial charge in [0.15, 0.2) is 0 Å². The van der Waals surface area contributed by atoms with Gasteiger partial charge in [0.25, 0.3) is 0 Å². The predicted molar refractivity (Wildman–Crippen MR) is 93.2 cm³/mol. The molecule has 0 aromatic rings. The van der Waals surface area contributed by atoms with Crippen molar-refractivity contribution in [1.29, 1.82) is 0 Å². The van der Waals surface area contributed by atoms with E-state index in [1.807, 2.05) is 0 Å². The largest absolute Gasteiger partial charge is 0.480 e. The number of amides is 1. The molecule has 138 valence electrons. The average molecular weight is 360 g/mol. The van der Waals surface area contributed by atoms with Gasteiger partial charge in [-0.25, -0.2) is 4.79 Å². The molecule has 1 aliphatic rings. The smallest absolute Gasteiger partial charge is 0.326 e. The van der Waals surface area contributed by atoms with E-state index in [-0.39, 0.29) is 5.91 Å². The van der Waals surface area contributed by atoms with E-state index in [0.717, 1.165) is 25.0 Å². The number of carboxylic acid groups (broad SMARTS) is 2. The first-order chi connectivity index (χ1) is 11.4. The highest BCUT2D eigenvalue weighted by atomic mass is 32.2. The van der Waals surface area contributed by atoms with Crippen molar-refractivity contribution in [3.05, 3.63) is 0 Å². The van der Waals surface area contributed by atoms with Crippen LogP contribution < -0.4 is 5.32 Å². The van der Waals surface area contributed by atoms with Gasteiger partial charge < -0.3 is 15.1 Å². The fourth-order valence-electron chi connectivity index (χ4n) is 2.76. The fraction of sp³-hybridized carbons (Fsp3) is 0.812. The van der Waals surface area contributed by atoms with Gasteiger partial charge in [0.1, 0.15) is 12.1 Å². The molecule has 0 bridgehead atoms. The van der Waals surface area contributed by atoms with Crippen molar-refractivity contribution in [1.82, 2.24) is 10.2 Å². The number of nitrogens with one attached hydrogen (secondary N) is 1. The second-order valence-corrected chi connectivity index (χ2v) is 7.24. The van der Waals surface area contributed by atoms with E-state index in [2.05, 4.69) is 12.2 Å². The van der Waals surface area contributed by atoms with E-state index in [9.17, 15) is 19.5 Å². The second-order valence-electron chi connectivity index (χ2n) is 6.09. The van der Waals surface area contributed by atoms with Crippen LogP contribution in [0.5, 0.6) is 0 Å². The topological polar surface area (TPSA) is 107 Å². The summed E-state index contributed by atoms with van der Waals surface area (Å²) in [4.78, 5) is 36.3. The van der Waals surface area contributed by atoms with E-state index in [0.29, 0.717) is 25.1 Å². The van der Waals surface area contributed by atoms with Crippen LogP contribution in [0.4, 0.5) is 0 Å². The molecule has 0 aromatic carbocycles. The number of aliphatic carboxylic acids is 2. The van der Waals surface area contributed by atoms with Crippen LogP contribution in [0.15, 0.2) is 0 Å². The molecule has 0 unspecified atom stereocenters. The lowest BCUT2D eigenvalue weighted by Crippen LogP contribution is -2.53. The van der Waals surface area contributed by atoms with Gasteiger partial charge in [-0.05, 0) is 31.9 Å². The first-order valence-electron chi connectivity index (χ1n) is 8.48. The minimum Gasteiger partial charge on any atom is -0.480 e. The number of rotatable bonds is 11. The Balaban J connectivity index is 2.51. The minimum absolute atomic E-state index is 0.345. The van der Waals surface area contributed by atoms with Gasteiger partial charge in [0.05, 0.1) is 6.04 Å². The van der Waals surface area contributed by atoms with Gasteiger partial charge in [-0.15, -0.1) is 0 Å². The molecule has 7 nitrogen and oxygen atoms in total. The third kappa shape index (κ3) is 6.32. The van der Waals surface area contributed by atoms with Crippen molar-refractivity contribution in [3.8, 4) is 0 Å². The zero-order valence-corrected chi connectivity index (χ0v) is 15.2. The molecule has 0 aliphatic carbocycles. The third-order valence-corrected chi connectivity index (χ3v) is 5.26. The molecule has 1 saturated heterocycles. The standard InChI is InChI=1S/C16H28N2O5S/c1-3-4-5-9-24-10-12(15(20)21)17-11(2)14(19)18-8-6-7-13(18)16(22)23/h11-13,17H,3-10H2,1-2H3,(H,20,21)(H,22,23)/t11-,12-,13-/m0/s1. The zero-order chi connectivity index (χ0) is 18.1. The molecule has 24 heavy (non-hydrogen) atoms. The molecule has 1 aliphatic heterocycles. The van der Waals surface area contributed by atoms with E-state index in [1.54, 1.807) is 18.7 Å². The number of hydrogen-bond acceptors (Lipinski definition) is 5. The van der Waals surface area contributed by atoms with Gasteiger partial charge in [0, 0.05) is 12.3 Å². The summed E-state index contributed by atoms with van der Waals surface area (Å²) < 4.78 is 0. The molecule has 1 amide bonds. The fourth-order valence-corrected chi connectivity index (χ4v) is 3.80. The predicted octanol–water partition coefficient (Wildman–Crippen LogP) is 1.42. The van der Waals surface area contributed by atoms with Crippen LogP contribution in [0.1, 0.15) is 46.0 Å². The first-order valence-corrected chi connectivity index (χ1v) is 9.63. The molecule has 0 radical (unpaired) electrons. The maximum atomic E-state index is 12.4. The Kier molecular flexibility index (Phi) is 9.13. The molecule has 0 spiro atoms. The quantitative estimate of drug-likeness (QED) is 0.478. The summed E-state index contributed by atoms with van der Waals surface area (Å²) in [5, 5.41) is 21.3. The van der Waals surface area contributed by atoms with E-state index >= 15 is 0 Å². The molecule has 8 heteroatoms. The normalized spacial score (nSPS) is 19.9. The lowest BCUT2D eigenvalue weighted by molar-refractivity contribution is -0.149. The molecule has 1 fully saturated rings. The second kappa shape index (κ2) is 10.6. The summed E-state index contributed by atoms with van der Waals surface area (Å²) in [5.41, 5.74) is 0. The highest BCUT2D eigenvalue weighted by Crippen LogP contribution is 2.18. The van der Waals surface area contributed by atoms with Gasteiger partial charge >= 0.3 is 11.9 Å². The third-order valence-electron chi connectivity index (χ3n) is 4.12. The van der Waals surface area contributed by atoms with Gasteiger partial charge in [-0.2, -0.15) is 11.8 Å². The number of nitrogens with zero attached hydrogens (tertiary/aromatic N) is 1. The monoisotopic (exact) mass is 360 g/mol. The molecule has 1 heterocycles. The summed E-state index contributed by atoms with van der Waals surface area (Å²) >= 11 is 1.56. The van der Waals surface area contributed by atoms with Crippen LogP contribution in [0.2, 0.25) is 0 Å². The highest BCUT2D eigenvalue weighted by molar-refractivity contribution is 7.99. The van der Waals surface area contributed by atoms with Gasteiger partial charge in [0.2, 0.25) is 5.91 Å². The minimum atomic E-state index is -1.01. The number of likely N-dealkylation sites (tertiary alicyclic amines) is 1. The van der Waals surface area contributed by atoms with Crippen molar-refractivity contribution in [3.63, 3.8) is 0 Å². The zero-order valence-electron chi connectivity index (χ0n) is 14.4. The summed E-state index contributed by atoms with van der Waals surface area (Å²) in [6.45, 7) is 4.12. The lowest BCUT2D eigenvalue weighted by atomic mass is 10.2. The Morgan fingerprint density at radius 1 is 1.29 bits per heavy atom. The maximum Gasteiger partial charge on any atom is 0.326 e. The van der Waals surface area contributed by atoms with Gasteiger partial charge in [-0.1, -0.05) is 19.8 Å². The lowest BCUT2D eigenvalue weighted by Gasteiger charge is -2.27. The SMILES string of the molecule is CCCCCSC[C@H](N[C@@H](C)C(=O)N1CCC[C@H]1C(=O)O)C(=O)O. The Morgan fingerprint density at radius 2 is 2.00 bits per heavy atom. The molecule has 0 aromatic heterocycles. The number of carboxylic acids is 2. The van der Waals surface area contributed by atoms with Crippen molar-refractivity contribution < 1.29 is 24.6 Å². The molecular formula is C16H28N2O5S. The van der Waals surface area contributed by atoms with Crippen LogP contribution in [-0.2, 0) is 14.4 Å². The first kappa shape index (κ1) is 20.8. The number of unbranched alkanes of at least 4 members (excludes halogenated alkanes) is 2. The number of hydrogen-bond donors (Lipinski definition) is 3. The van der Waals surface area contributed by atoms with Gasteiger partial charge in [-0.3, -0.25) is 14.9 Å². The summed E-state index contributed by atoms with van der Waals surface area (Å²) in [6, 6.07) is -2.34. The van der Waals surface area contributed by atoms with Crippen LogP contribution in [0.3, 0.4) is 0 Å². The Labute approximate surface area is 147 Å². The summed E-state index contributed by atoms with van der Waals surface area (Å²) in [5.74, 6) is -1.06. The Morgan fingerprint density at radius 3 is 2.58 bits per heavy atom. The molecule has 1 rings (SSSR count). The van der Waals surface area contributed by atoms with E-state index in [1.165, 1.54) is 4.90 Å². The molecule has 3 atom stereocenters. The van der Waals surface area contributed by atoms with Crippen molar-refractivity contribution >= 4 is 29.6 Å². The number of thioether (sulfide) groups is 1. The van der Waals surface area contributed by atoms with Crippen LogP contribution in [0.25, 0.3) is 0 Å². The molecular weight excluding hydrogens is 332 g/mol. The van der Waals surface area contributed by atoms with E-state index in [4.69, 9.17) is 5.11 Å². The summed E-state index contributed by atoms with van der Waals surface area (Å²) in [6.07, 6.45) is 4.40. The molecule has 0 saturated carbocycles. The van der Waals surface area contributed by atoms with Crippen LogP contribution in [-0.4, -0.2) is 69.1 Å². The van der Waals surface area contributed by atoms with Crippen molar-refractivity contribution in [2.75, 3.05) is 18.1 Å². The van der Waals surface area contributed by atoms with Crippen LogP contribution in [0, 0.1) is 0 Å².